The van der Waals surface area contributed by atoms with Gasteiger partial charge in [0, 0.05) is 6.42 Å². The highest BCUT2D eigenvalue weighted by molar-refractivity contribution is 6.10. The second-order valence-corrected chi connectivity index (χ2v) is 6.41. The highest BCUT2D eigenvalue weighted by Gasteiger charge is 2.16. The van der Waals surface area contributed by atoms with Crippen LogP contribution in [0.5, 0.6) is 0 Å². The van der Waals surface area contributed by atoms with Crippen LogP contribution in [0.15, 0.2) is 54.8 Å². The van der Waals surface area contributed by atoms with Crippen LogP contribution in [0, 0.1) is 0 Å². The van der Waals surface area contributed by atoms with Gasteiger partial charge in [0.25, 0.3) is 0 Å². The van der Waals surface area contributed by atoms with Gasteiger partial charge in [-0.15, -0.1) is 0 Å². The van der Waals surface area contributed by atoms with E-state index in [0.717, 1.165) is 18.8 Å². The number of allylic oxidation sites excluding steroid dienone is 2. The maximum absolute atomic E-state index is 5.74. The summed E-state index contributed by atoms with van der Waals surface area (Å²) in [6.45, 7) is 8.68. The lowest BCUT2D eigenvalue weighted by molar-refractivity contribution is 0.228. The predicted octanol–water partition coefficient (Wildman–Crippen LogP) is 4.69. The Morgan fingerprint density at radius 2 is 1.88 bits per heavy atom. The molecule has 0 spiro atoms. The third kappa shape index (κ3) is 2.56. The Bertz CT molecular complexity index is 1150. The van der Waals surface area contributed by atoms with Crippen molar-refractivity contribution in [3.05, 3.63) is 76.4 Å². The largest absolute Gasteiger partial charge is 0.498 e. The molecule has 0 heterocycles. The lowest BCUT2D eigenvalue weighted by Gasteiger charge is -2.08. The zero-order valence-corrected chi connectivity index (χ0v) is 14.8. The Balaban J connectivity index is 2.05. The minimum absolute atomic E-state index is 0.721. The molecule has 0 radical (unpaired) electrons. The molecule has 0 fully saturated rings. The van der Waals surface area contributed by atoms with Crippen LogP contribution in [0.1, 0.15) is 25.0 Å². The van der Waals surface area contributed by atoms with Crippen molar-refractivity contribution in [2.45, 2.75) is 20.3 Å². The standard InChI is InChI=1S/C24H22O/c1-4-7-17-12-18-8-10-22-21(23(18)14-16(17)5-2)11-9-19-13-20(25-6-3)15-24(19)22/h4-5,7-12,14-15H,1,6,13H2,2-3H3/b16-5-,17-7-. The fourth-order valence-electron chi connectivity index (χ4n) is 3.81. The van der Waals surface area contributed by atoms with Crippen LogP contribution >= 0.6 is 0 Å². The van der Waals surface area contributed by atoms with Gasteiger partial charge in [-0.2, -0.15) is 0 Å². The number of ether oxygens (including phenoxy) is 1. The van der Waals surface area contributed by atoms with Crippen LogP contribution < -0.4 is 10.4 Å². The average Bonchev–Trinajstić information content (AvgIpc) is 3.04. The summed E-state index contributed by atoms with van der Waals surface area (Å²) in [5.41, 5.74) is 2.67. The van der Waals surface area contributed by atoms with Crippen molar-refractivity contribution in [1.29, 1.82) is 0 Å². The van der Waals surface area contributed by atoms with Gasteiger partial charge >= 0.3 is 0 Å². The first kappa shape index (κ1) is 15.7. The fraction of sp³-hybridized carbons (Fsp3) is 0.167. The molecule has 25 heavy (non-hydrogen) atoms. The maximum Gasteiger partial charge on any atom is 0.101 e. The van der Waals surface area contributed by atoms with Crippen molar-refractivity contribution in [1.82, 2.24) is 0 Å². The normalized spacial score (nSPS) is 14.9. The first-order chi connectivity index (χ1) is 12.2. The molecule has 0 amide bonds. The Labute approximate surface area is 148 Å². The average molecular weight is 326 g/mol. The smallest absolute Gasteiger partial charge is 0.101 e. The third-order valence-corrected chi connectivity index (χ3v) is 4.96. The summed E-state index contributed by atoms with van der Waals surface area (Å²) in [4.78, 5) is 0. The molecule has 1 aliphatic rings. The van der Waals surface area contributed by atoms with E-state index in [2.05, 4.69) is 68.1 Å². The van der Waals surface area contributed by atoms with Gasteiger partial charge < -0.3 is 4.74 Å². The predicted molar refractivity (Wildman–Crippen MR) is 109 cm³/mol. The summed E-state index contributed by atoms with van der Waals surface area (Å²) in [6.07, 6.45) is 9.19. The van der Waals surface area contributed by atoms with Crippen molar-refractivity contribution in [3.8, 4) is 0 Å². The van der Waals surface area contributed by atoms with Crippen molar-refractivity contribution in [2.24, 2.45) is 0 Å². The molecule has 0 aromatic heterocycles. The van der Waals surface area contributed by atoms with Crippen LogP contribution in [-0.4, -0.2) is 6.61 Å². The van der Waals surface area contributed by atoms with Crippen molar-refractivity contribution in [2.75, 3.05) is 6.61 Å². The number of benzene rings is 3. The van der Waals surface area contributed by atoms with E-state index in [0.29, 0.717) is 0 Å². The van der Waals surface area contributed by atoms with Gasteiger partial charge in [0.1, 0.15) is 5.76 Å². The topological polar surface area (TPSA) is 9.23 Å². The summed E-state index contributed by atoms with van der Waals surface area (Å²) < 4.78 is 5.74. The first-order valence-electron chi connectivity index (χ1n) is 8.86. The molecule has 4 rings (SSSR count). The Hall–Kier alpha value is -2.80. The molecule has 0 atom stereocenters. The minimum Gasteiger partial charge on any atom is -0.498 e. The quantitative estimate of drug-likeness (QED) is 0.634. The van der Waals surface area contributed by atoms with Crippen LogP contribution in [0.4, 0.5) is 0 Å². The molecule has 0 unspecified atom stereocenters. The minimum atomic E-state index is 0.721. The molecule has 0 aliphatic heterocycles. The second-order valence-electron chi connectivity index (χ2n) is 6.41. The number of hydrogen-bond acceptors (Lipinski definition) is 1. The summed E-state index contributed by atoms with van der Waals surface area (Å²) in [6, 6.07) is 13.5. The highest BCUT2D eigenvalue weighted by atomic mass is 16.5. The molecule has 3 aromatic carbocycles. The molecule has 1 heteroatoms. The Morgan fingerprint density at radius 1 is 1.04 bits per heavy atom. The van der Waals surface area contributed by atoms with E-state index in [1.807, 2.05) is 13.0 Å². The lowest BCUT2D eigenvalue weighted by atomic mass is 9.95. The lowest BCUT2D eigenvalue weighted by Crippen LogP contribution is -2.23. The third-order valence-electron chi connectivity index (χ3n) is 4.96. The van der Waals surface area contributed by atoms with E-state index in [1.54, 1.807) is 0 Å². The first-order valence-corrected chi connectivity index (χ1v) is 8.86. The molecule has 1 aliphatic carbocycles. The van der Waals surface area contributed by atoms with Gasteiger partial charge in [-0.25, -0.2) is 0 Å². The van der Waals surface area contributed by atoms with Crippen LogP contribution in [0.2, 0.25) is 0 Å². The van der Waals surface area contributed by atoms with Gasteiger partial charge in [-0.1, -0.05) is 49.1 Å². The molecular weight excluding hydrogens is 304 g/mol. The summed E-state index contributed by atoms with van der Waals surface area (Å²) in [5.74, 6) is 1.07. The summed E-state index contributed by atoms with van der Waals surface area (Å²) in [5, 5.41) is 7.63. The summed E-state index contributed by atoms with van der Waals surface area (Å²) in [7, 11) is 0. The Kier molecular flexibility index (Phi) is 3.93. The van der Waals surface area contributed by atoms with Gasteiger partial charge in [0.15, 0.2) is 0 Å². The van der Waals surface area contributed by atoms with E-state index in [9.17, 15) is 0 Å². The number of rotatable bonds is 3. The maximum atomic E-state index is 5.74. The van der Waals surface area contributed by atoms with E-state index in [-0.39, 0.29) is 0 Å². The van der Waals surface area contributed by atoms with Gasteiger partial charge in [-0.3, -0.25) is 0 Å². The molecule has 0 bridgehead atoms. The number of fused-ring (bicyclic) bond motifs is 5. The molecule has 3 aromatic rings. The van der Waals surface area contributed by atoms with Gasteiger partial charge in [-0.05, 0) is 75.2 Å². The molecule has 0 saturated carbocycles. The number of hydrogen-bond donors (Lipinski definition) is 0. The van der Waals surface area contributed by atoms with Crippen LogP contribution in [0.25, 0.3) is 39.8 Å². The summed E-state index contributed by atoms with van der Waals surface area (Å²) >= 11 is 0. The van der Waals surface area contributed by atoms with Gasteiger partial charge in [0.05, 0.1) is 6.61 Å². The van der Waals surface area contributed by atoms with E-state index < -0.39 is 0 Å². The monoisotopic (exact) mass is 326 g/mol. The molecule has 0 saturated heterocycles. The van der Waals surface area contributed by atoms with E-state index >= 15 is 0 Å². The Morgan fingerprint density at radius 3 is 2.64 bits per heavy atom. The van der Waals surface area contributed by atoms with Crippen molar-refractivity contribution < 1.29 is 4.74 Å². The van der Waals surface area contributed by atoms with E-state index in [4.69, 9.17) is 4.74 Å². The van der Waals surface area contributed by atoms with Crippen molar-refractivity contribution in [3.63, 3.8) is 0 Å². The molecule has 0 N–H and O–H groups in total. The molecular formula is C24H22O. The fourth-order valence-corrected chi connectivity index (χ4v) is 3.81. The zero-order chi connectivity index (χ0) is 17.4. The molecule has 1 nitrogen and oxygen atoms in total. The zero-order valence-electron chi connectivity index (χ0n) is 14.8. The second kappa shape index (κ2) is 6.25. The van der Waals surface area contributed by atoms with Gasteiger partial charge in [0.2, 0.25) is 0 Å². The highest BCUT2D eigenvalue weighted by Crippen LogP contribution is 2.34. The van der Waals surface area contributed by atoms with Crippen LogP contribution in [0.3, 0.4) is 0 Å². The SMILES string of the molecule is C=C/C=c1/cc2ccc3c4c(ccc3c2c/c1=C/C)CC(OCC)=C4. The van der Waals surface area contributed by atoms with Crippen molar-refractivity contribution >= 4 is 39.8 Å². The van der Waals surface area contributed by atoms with Crippen LogP contribution in [-0.2, 0) is 11.2 Å². The molecule has 124 valence electrons. The van der Waals surface area contributed by atoms with E-state index in [1.165, 1.54) is 43.1 Å².